The zero-order valence-corrected chi connectivity index (χ0v) is 11.8. The van der Waals surface area contributed by atoms with Crippen LogP contribution in [0.5, 0.6) is 5.75 Å². The molecule has 1 aromatic carbocycles. The molecule has 8 heteroatoms. The highest BCUT2D eigenvalue weighted by Crippen LogP contribution is 2.24. The predicted octanol–water partition coefficient (Wildman–Crippen LogP) is 1.61. The first kappa shape index (κ1) is 15.7. The largest absolute Gasteiger partial charge is 0.487 e. The third kappa shape index (κ3) is 4.17. The minimum Gasteiger partial charge on any atom is -0.487 e. The van der Waals surface area contributed by atoms with Crippen LogP contribution in [0.15, 0.2) is 23.3 Å². The van der Waals surface area contributed by atoms with Crippen molar-refractivity contribution in [2.24, 2.45) is 10.8 Å². The summed E-state index contributed by atoms with van der Waals surface area (Å²) in [5.74, 6) is -0.837. The summed E-state index contributed by atoms with van der Waals surface area (Å²) in [6, 6.07) is 5.92. The van der Waals surface area contributed by atoms with Crippen molar-refractivity contribution in [2.75, 3.05) is 18.6 Å². The Kier molecular flexibility index (Phi) is 5.27. The number of halogens is 1. The van der Waals surface area contributed by atoms with Crippen molar-refractivity contribution in [3.8, 4) is 11.8 Å². The molecule has 0 aliphatic carbocycles. The highest BCUT2D eigenvalue weighted by molar-refractivity contribution is 6.45. The molecular formula is C14H16FN5O2. The molecule has 1 aliphatic rings. The van der Waals surface area contributed by atoms with Gasteiger partial charge in [-0.25, -0.2) is 4.39 Å². The van der Waals surface area contributed by atoms with E-state index >= 15 is 0 Å². The third-order valence-electron chi connectivity index (χ3n) is 3.05. The second-order valence-corrected chi connectivity index (χ2v) is 4.67. The van der Waals surface area contributed by atoms with Crippen molar-refractivity contribution >= 4 is 17.2 Å². The van der Waals surface area contributed by atoms with Gasteiger partial charge in [-0.15, -0.1) is 0 Å². The zero-order chi connectivity index (χ0) is 15.9. The van der Waals surface area contributed by atoms with Crippen molar-refractivity contribution in [1.82, 2.24) is 0 Å². The van der Waals surface area contributed by atoms with Crippen molar-refractivity contribution < 1.29 is 13.9 Å². The summed E-state index contributed by atoms with van der Waals surface area (Å²) in [6.45, 7) is 1.23. The number of nitrogens with one attached hydrogen (secondary N) is 2. The lowest BCUT2D eigenvalue weighted by Gasteiger charge is -2.23. The van der Waals surface area contributed by atoms with Crippen molar-refractivity contribution in [3.63, 3.8) is 0 Å². The topological polar surface area (TPSA) is 117 Å². The monoisotopic (exact) mass is 305 g/mol. The first-order valence-corrected chi connectivity index (χ1v) is 6.72. The summed E-state index contributed by atoms with van der Waals surface area (Å²) in [7, 11) is 0. The minimum absolute atomic E-state index is 0.0528. The van der Waals surface area contributed by atoms with E-state index in [2.05, 4.69) is 10.5 Å². The predicted molar refractivity (Wildman–Crippen MR) is 79.5 cm³/mol. The molecule has 7 nitrogen and oxygen atoms in total. The summed E-state index contributed by atoms with van der Waals surface area (Å²) < 4.78 is 24.8. The van der Waals surface area contributed by atoms with E-state index in [1.54, 1.807) is 12.1 Å². The first-order chi connectivity index (χ1) is 10.6. The van der Waals surface area contributed by atoms with Gasteiger partial charge in [0.25, 0.3) is 0 Å². The summed E-state index contributed by atoms with van der Waals surface area (Å²) >= 11 is 0. The number of hydrogen-bond donors (Lipinski definition) is 3. The van der Waals surface area contributed by atoms with Gasteiger partial charge in [-0.2, -0.15) is 10.4 Å². The van der Waals surface area contributed by atoms with Crippen LogP contribution in [0.25, 0.3) is 0 Å². The van der Waals surface area contributed by atoms with Crippen LogP contribution in [0.2, 0.25) is 0 Å². The van der Waals surface area contributed by atoms with Crippen molar-refractivity contribution in [3.05, 3.63) is 24.0 Å². The number of nitrogens with zero attached hydrogens (tertiary/aromatic N) is 2. The maximum atomic E-state index is 14.0. The SMILES string of the molecule is N#C/C(=N\Nc1ccc(OC2CCOCC2)c(F)c1)C(=N)N. The molecule has 0 amide bonds. The highest BCUT2D eigenvalue weighted by Gasteiger charge is 2.17. The Labute approximate surface area is 127 Å². The number of hydrazone groups is 1. The Balaban J connectivity index is 2.03. The lowest BCUT2D eigenvalue weighted by atomic mass is 10.1. The van der Waals surface area contributed by atoms with Gasteiger partial charge in [0.2, 0.25) is 5.71 Å². The smallest absolute Gasteiger partial charge is 0.201 e. The second-order valence-electron chi connectivity index (χ2n) is 4.67. The normalized spacial score (nSPS) is 15.9. The van der Waals surface area contributed by atoms with Crippen LogP contribution in [0.4, 0.5) is 10.1 Å². The number of nitriles is 1. The van der Waals surface area contributed by atoms with Crippen LogP contribution in [0.1, 0.15) is 12.8 Å². The molecule has 4 N–H and O–H groups in total. The summed E-state index contributed by atoms with van der Waals surface area (Å²) in [4.78, 5) is 0. The molecule has 0 aromatic heterocycles. The third-order valence-corrected chi connectivity index (χ3v) is 3.05. The fourth-order valence-corrected chi connectivity index (χ4v) is 1.91. The second kappa shape index (κ2) is 7.38. The van der Waals surface area contributed by atoms with Gasteiger partial charge in [0.05, 0.1) is 18.9 Å². The number of anilines is 1. The summed E-state index contributed by atoms with van der Waals surface area (Å²) in [6.07, 6.45) is 1.41. The van der Waals surface area contributed by atoms with E-state index in [0.29, 0.717) is 18.9 Å². The van der Waals surface area contributed by atoms with Crippen LogP contribution in [0.3, 0.4) is 0 Å². The van der Waals surface area contributed by atoms with E-state index in [-0.39, 0.29) is 17.6 Å². The van der Waals surface area contributed by atoms with Gasteiger partial charge in [0, 0.05) is 18.9 Å². The fourth-order valence-electron chi connectivity index (χ4n) is 1.91. The van der Waals surface area contributed by atoms with E-state index in [4.69, 9.17) is 25.9 Å². The number of hydrogen-bond acceptors (Lipinski definition) is 6. The standard InChI is InChI=1S/C14H16FN5O2/c15-11-7-9(19-20-12(8-16)14(17)18)1-2-13(11)22-10-3-5-21-6-4-10/h1-2,7,10,19H,3-6H2,(H3,17,18)/b20-12+. The average Bonchev–Trinajstić information content (AvgIpc) is 2.51. The molecule has 1 heterocycles. The van der Waals surface area contributed by atoms with E-state index in [1.165, 1.54) is 12.1 Å². The Morgan fingerprint density at radius 3 is 2.82 bits per heavy atom. The molecule has 1 aromatic rings. The first-order valence-electron chi connectivity index (χ1n) is 6.72. The number of benzene rings is 1. The van der Waals surface area contributed by atoms with E-state index in [1.807, 2.05) is 0 Å². The summed E-state index contributed by atoms with van der Waals surface area (Å²) in [5.41, 5.74) is 7.68. The van der Waals surface area contributed by atoms with Gasteiger partial charge in [-0.1, -0.05) is 0 Å². The Morgan fingerprint density at radius 1 is 1.50 bits per heavy atom. The maximum Gasteiger partial charge on any atom is 0.201 e. The molecule has 2 rings (SSSR count). The van der Waals surface area contributed by atoms with E-state index in [0.717, 1.165) is 12.8 Å². The van der Waals surface area contributed by atoms with Crippen LogP contribution >= 0.6 is 0 Å². The van der Waals surface area contributed by atoms with Gasteiger partial charge in [-0.3, -0.25) is 10.8 Å². The van der Waals surface area contributed by atoms with Crippen molar-refractivity contribution in [2.45, 2.75) is 18.9 Å². The lowest BCUT2D eigenvalue weighted by molar-refractivity contribution is 0.0240. The average molecular weight is 305 g/mol. The highest BCUT2D eigenvalue weighted by atomic mass is 19.1. The van der Waals surface area contributed by atoms with Gasteiger partial charge < -0.3 is 15.2 Å². The van der Waals surface area contributed by atoms with Gasteiger partial charge in [0.1, 0.15) is 12.2 Å². The Bertz CT molecular complexity index is 620. The van der Waals surface area contributed by atoms with E-state index in [9.17, 15) is 4.39 Å². The van der Waals surface area contributed by atoms with Crippen molar-refractivity contribution in [1.29, 1.82) is 10.7 Å². The molecule has 22 heavy (non-hydrogen) atoms. The van der Waals surface area contributed by atoms with Crippen LogP contribution in [-0.2, 0) is 4.74 Å². The quantitative estimate of drug-likeness (QED) is 0.434. The molecule has 0 saturated carbocycles. The molecule has 1 fully saturated rings. The lowest BCUT2D eigenvalue weighted by Crippen LogP contribution is -2.26. The summed E-state index contributed by atoms with van der Waals surface area (Å²) in [5, 5.41) is 19.5. The molecule has 0 unspecified atom stereocenters. The number of amidine groups is 1. The minimum atomic E-state index is -0.534. The number of rotatable bonds is 5. The van der Waals surface area contributed by atoms with E-state index < -0.39 is 11.7 Å². The van der Waals surface area contributed by atoms with Crippen LogP contribution < -0.4 is 15.9 Å². The Hall–Kier alpha value is -2.66. The molecular weight excluding hydrogens is 289 g/mol. The fraction of sp³-hybridized carbons (Fsp3) is 0.357. The molecule has 0 atom stereocenters. The molecule has 1 aliphatic heterocycles. The molecule has 0 radical (unpaired) electrons. The Morgan fingerprint density at radius 2 is 2.23 bits per heavy atom. The molecule has 116 valence electrons. The number of nitrogens with two attached hydrogens (primary N) is 1. The van der Waals surface area contributed by atoms with Gasteiger partial charge in [0.15, 0.2) is 17.4 Å². The molecule has 0 bridgehead atoms. The van der Waals surface area contributed by atoms with Crippen LogP contribution in [0, 0.1) is 22.6 Å². The van der Waals surface area contributed by atoms with Crippen LogP contribution in [-0.4, -0.2) is 30.9 Å². The maximum absolute atomic E-state index is 14.0. The number of ether oxygens (including phenoxy) is 2. The van der Waals surface area contributed by atoms with Gasteiger partial charge in [-0.05, 0) is 12.1 Å². The van der Waals surface area contributed by atoms with Gasteiger partial charge >= 0.3 is 0 Å². The molecule has 1 saturated heterocycles. The molecule has 0 spiro atoms. The zero-order valence-electron chi connectivity index (χ0n) is 11.8.